The molecule has 1 heterocycles. The first kappa shape index (κ1) is 11.1. The molecule has 4 heteroatoms. The molecule has 3 nitrogen and oxygen atoms in total. The highest BCUT2D eigenvalue weighted by molar-refractivity contribution is 5.82. The number of alkyl halides is 1. The molecule has 2 rings (SSSR count). The topological polar surface area (TPSA) is 41.1 Å². The van der Waals surface area contributed by atoms with Crippen LogP contribution in [-0.2, 0) is 11.3 Å². The number of benzene rings is 1. The normalized spacial score (nSPS) is 24.3. The fraction of sp³-hybridized carbons (Fsp3) is 0.417. The first-order chi connectivity index (χ1) is 7.75. The van der Waals surface area contributed by atoms with Crippen molar-refractivity contribution in [1.82, 2.24) is 10.6 Å². The van der Waals surface area contributed by atoms with Crippen molar-refractivity contribution in [2.24, 2.45) is 0 Å². The Kier molecular flexibility index (Phi) is 3.51. The predicted molar refractivity (Wildman–Crippen MR) is 59.6 cm³/mol. The van der Waals surface area contributed by atoms with Gasteiger partial charge in [0.05, 0.1) is 6.04 Å². The summed E-state index contributed by atoms with van der Waals surface area (Å²) in [4.78, 5) is 11.6. The number of nitrogens with one attached hydrogen (secondary N) is 2. The van der Waals surface area contributed by atoms with E-state index in [1.165, 1.54) is 0 Å². The highest BCUT2D eigenvalue weighted by Crippen LogP contribution is 2.10. The molecule has 0 saturated carbocycles. The molecule has 2 unspecified atom stereocenters. The van der Waals surface area contributed by atoms with Crippen LogP contribution in [0.4, 0.5) is 4.39 Å². The van der Waals surface area contributed by atoms with Gasteiger partial charge in [0.2, 0.25) is 5.91 Å². The van der Waals surface area contributed by atoms with Gasteiger partial charge in [-0.3, -0.25) is 4.79 Å². The highest BCUT2D eigenvalue weighted by Gasteiger charge is 2.28. The average Bonchev–Trinajstić information content (AvgIpc) is 2.74. The van der Waals surface area contributed by atoms with E-state index in [1.54, 1.807) is 0 Å². The van der Waals surface area contributed by atoms with Crippen LogP contribution in [0.5, 0.6) is 0 Å². The molecule has 0 spiro atoms. The zero-order chi connectivity index (χ0) is 11.4. The van der Waals surface area contributed by atoms with Crippen LogP contribution in [-0.4, -0.2) is 24.7 Å². The zero-order valence-electron chi connectivity index (χ0n) is 8.95. The lowest BCUT2D eigenvalue weighted by atomic mass is 10.2. The summed E-state index contributed by atoms with van der Waals surface area (Å²) in [5, 5.41) is 5.65. The van der Waals surface area contributed by atoms with Gasteiger partial charge in [0.25, 0.3) is 0 Å². The van der Waals surface area contributed by atoms with Crippen molar-refractivity contribution in [3.8, 4) is 0 Å². The number of rotatable bonds is 3. The lowest BCUT2D eigenvalue weighted by Gasteiger charge is -2.10. The smallest absolute Gasteiger partial charge is 0.237 e. The monoisotopic (exact) mass is 222 g/mol. The molecule has 86 valence electrons. The molecule has 0 bridgehead atoms. The van der Waals surface area contributed by atoms with Gasteiger partial charge in [-0.25, -0.2) is 4.39 Å². The number of amides is 1. The molecular weight excluding hydrogens is 207 g/mol. The molecule has 1 aliphatic heterocycles. The van der Waals surface area contributed by atoms with Gasteiger partial charge in [-0.1, -0.05) is 30.3 Å². The van der Waals surface area contributed by atoms with Crippen molar-refractivity contribution < 1.29 is 9.18 Å². The zero-order valence-corrected chi connectivity index (χ0v) is 8.95. The van der Waals surface area contributed by atoms with Crippen LogP contribution in [0.1, 0.15) is 12.0 Å². The van der Waals surface area contributed by atoms with Gasteiger partial charge in [-0.15, -0.1) is 0 Å². The van der Waals surface area contributed by atoms with E-state index < -0.39 is 6.17 Å². The van der Waals surface area contributed by atoms with Crippen LogP contribution < -0.4 is 10.6 Å². The van der Waals surface area contributed by atoms with Crippen molar-refractivity contribution in [1.29, 1.82) is 0 Å². The minimum atomic E-state index is -0.896. The summed E-state index contributed by atoms with van der Waals surface area (Å²) in [5.41, 5.74) is 1.05. The fourth-order valence-corrected chi connectivity index (χ4v) is 1.80. The second-order valence-corrected chi connectivity index (χ2v) is 4.00. The lowest BCUT2D eigenvalue weighted by Crippen LogP contribution is -2.39. The largest absolute Gasteiger partial charge is 0.351 e. The Hall–Kier alpha value is -1.42. The second kappa shape index (κ2) is 5.07. The number of carbonyl (C=O) groups is 1. The quantitative estimate of drug-likeness (QED) is 0.801. The van der Waals surface area contributed by atoms with E-state index in [0.29, 0.717) is 6.54 Å². The summed E-state index contributed by atoms with van der Waals surface area (Å²) in [7, 11) is 0. The van der Waals surface area contributed by atoms with E-state index in [2.05, 4.69) is 10.6 Å². The Morgan fingerprint density at radius 3 is 2.81 bits per heavy atom. The standard InChI is InChI=1S/C12H15FN2O/c13-10-6-11(14-8-10)12(16)15-7-9-4-2-1-3-5-9/h1-5,10-11,14H,6-8H2,(H,15,16). The van der Waals surface area contributed by atoms with E-state index in [-0.39, 0.29) is 24.9 Å². The molecule has 1 aromatic rings. The minimum Gasteiger partial charge on any atom is -0.351 e. The molecule has 1 aliphatic rings. The summed E-state index contributed by atoms with van der Waals surface area (Å²) >= 11 is 0. The maximum atomic E-state index is 12.9. The SMILES string of the molecule is O=C(NCc1ccccc1)C1CC(F)CN1. The van der Waals surface area contributed by atoms with Crippen LogP contribution in [0.25, 0.3) is 0 Å². The maximum Gasteiger partial charge on any atom is 0.237 e. The van der Waals surface area contributed by atoms with Crippen LogP contribution in [0.3, 0.4) is 0 Å². The van der Waals surface area contributed by atoms with Crippen molar-refractivity contribution in [2.75, 3.05) is 6.54 Å². The number of hydrogen-bond donors (Lipinski definition) is 2. The first-order valence-corrected chi connectivity index (χ1v) is 5.45. The van der Waals surface area contributed by atoms with Crippen molar-refractivity contribution in [3.63, 3.8) is 0 Å². The first-order valence-electron chi connectivity index (χ1n) is 5.45. The highest BCUT2D eigenvalue weighted by atomic mass is 19.1. The van der Waals surface area contributed by atoms with Crippen LogP contribution in [0.2, 0.25) is 0 Å². The minimum absolute atomic E-state index is 0.121. The molecular formula is C12H15FN2O. The Morgan fingerprint density at radius 2 is 2.19 bits per heavy atom. The Morgan fingerprint density at radius 1 is 1.44 bits per heavy atom. The third-order valence-electron chi connectivity index (χ3n) is 2.70. The number of halogens is 1. The van der Waals surface area contributed by atoms with Crippen LogP contribution >= 0.6 is 0 Å². The average molecular weight is 222 g/mol. The third-order valence-corrected chi connectivity index (χ3v) is 2.70. The van der Waals surface area contributed by atoms with Gasteiger partial charge in [-0.2, -0.15) is 0 Å². The molecule has 1 amide bonds. The summed E-state index contributed by atoms with van der Waals surface area (Å²) in [6.07, 6.45) is -0.617. The Balaban J connectivity index is 1.80. The number of hydrogen-bond acceptors (Lipinski definition) is 2. The molecule has 0 aromatic heterocycles. The number of carbonyl (C=O) groups excluding carboxylic acids is 1. The van der Waals surface area contributed by atoms with Gasteiger partial charge >= 0.3 is 0 Å². The van der Waals surface area contributed by atoms with Gasteiger partial charge in [0.1, 0.15) is 6.17 Å². The van der Waals surface area contributed by atoms with Gasteiger partial charge in [0.15, 0.2) is 0 Å². The Bertz CT molecular complexity index is 355. The molecule has 1 saturated heterocycles. The Labute approximate surface area is 94.0 Å². The van der Waals surface area contributed by atoms with Gasteiger partial charge < -0.3 is 10.6 Å². The summed E-state index contributed by atoms with van der Waals surface area (Å²) < 4.78 is 12.9. The van der Waals surface area contributed by atoms with Gasteiger partial charge in [-0.05, 0) is 5.56 Å². The summed E-state index contributed by atoms with van der Waals surface area (Å²) in [6, 6.07) is 9.29. The molecule has 1 aromatic carbocycles. The third kappa shape index (κ3) is 2.79. The maximum absolute atomic E-state index is 12.9. The van der Waals surface area contributed by atoms with Crippen molar-refractivity contribution >= 4 is 5.91 Å². The van der Waals surface area contributed by atoms with Gasteiger partial charge in [0, 0.05) is 19.5 Å². The second-order valence-electron chi connectivity index (χ2n) is 4.00. The molecule has 0 aliphatic carbocycles. The van der Waals surface area contributed by atoms with Crippen LogP contribution in [0, 0.1) is 0 Å². The molecule has 2 N–H and O–H groups in total. The lowest BCUT2D eigenvalue weighted by molar-refractivity contribution is -0.123. The molecule has 1 fully saturated rings. The fourth-order valence-electron chi connectivity index (χ4n) is 1.80. The summed E-state index contributed by atoms with van der Waals surface area (Å²) in [5.74, 6) is -0.121. The summed E-state index contributed by atoms with van der Waals surface area (Å²) in [6.45, 7) is 0.776. The van der Waals surface area contributed by atoms with E-state index >= 15 is 0 Å². The molecule has 0 radical (unpaired) electrons. The molecule has 2 atom stereocenters. The van der Waals surface area contributed by atoms with E-state index in [1.807, 2.05) is 30.3 Å². The van der Waals surface area contributed by atoms with E-state index in [9.17, 15) is 9.18 Å². The van der Waals surface area contributed by atoms with Crippen molar-refractivity contribution in [3.05, 3.63) is 35.9 Å². The van der Waals surface area contributed by atoms with E-state index in [4.69, 9.17) is 0 Å². The predicted octanol–water partition coefficient (Wildman–Crippen LogP) is 1.00. The van der Waals surface area contributed by atoms with Crippen molar-refractivity contribution in [2.45, 2.75) is 25.2 Å². The van der Waals surface area contributed by atoms with E-state index in [0.717, 1.165) is 5.56 Å². The van der Waals surface area contributed by atoms with Crippen LogP contribution in [0.15, 0.2) is 30.3 Å². The molecule has 16 heavy (non-hydrogen) atoms.